The molecule has 0 aliphatic rings. The maximum Gasteiger partial charge on any atom is 0.166 e. The van der Waals surface area contributed by atoms with Crippen molar-refractivity contribution in [3.8, 4) is 0 Å². The number of rotatable bonds is 3. The highest BCUT2D eigenvalue weighted by atomic mass is 32.1. The van der Waals surface area contributed by atoms with E-state index < -0.39 is 0 Å². The van der Waals surface area contributed by atoms with Crippen molar-refractivity contribution in [3.63, 3.8) is 0 Å². The number of pyridine rings is 2. The van der Waals surface area contributed by atoms with Crippen molar-refractivity contribution in [1.82, 2.24) is 19.7 Å². The van der Waals surface area contributed by atoms with Crippen LogP contribution in [0, 0.1) is 13.8 Å². The number of aryl methyl sites for hydroxylation is 3. The summed E-state index contributed by atoms with van der Waals surface area (Å²) in [4.78, 5) is 10.1. The summed E-state index contributed by atoms with van der Waals surface area (Å²) in [5.41, 5.74) is 4.45. The number of fused-ring (bicyclic) bond motifs is 3. The summed E-state index contributed by atoms with van der Waals surface area (Å²) in [6.07, 6.45) is 1.81. The molecule has 0 amide bonds. The fourth-order valence-electron chi connectivity index (χ4n) is 2.93. The Hall–Kier alpha value is -2.47. The van der Waals surface area contributed by atoms with Crippen LogP contribution in [0.1, 0.15) is 17.0 Å². The van der Waals surface area contributed by atoms with E-state index in [0.29, 0.717) is 6.54 Å². The van der Waals surface area contributed by atoms with Crippen LogP contribution in [-0.2, 0) is 13.6 Å². The number of hydrogen-bond acceptors (Lipinski definition) is 5. The number of hydrogen-bond donors (Lipinski definition) is 1. The van der Waals surface area contributed by atoms with Crippen LogP contribution >= 0.6 is 11.3 Å². The number of anilines is 1. The molecule has 0 aliphatic heterocycles. The topological polar surface area (TPSA) is 55.6 Å². The second-order valence-electron chi connectivity index (χ2n) is 5.69. The highest BCUT2D eigenvalue weighted by molar-refractivity contribution is 7.26. The molecule has 0 bridgehead atoms. The molecule has 0 saturated heterocycles. The van der Waals surface area contributed by atoms with Crippen LogP contribution in [0.4, 0.5) is 5.82 Å². The van der Waals surface area contributed by atoms with Gasteiger partial charge in [0.1, 0.15) is 4.83 Å². The molecular weight excluding hydrogens is 306 g/mol. The van der Waals surface area contributed by atoms with Gasteiger partial charge in [-0.1, -0.05) is 6.07 Å². The Labute approximate surface area is 138 Å². The highest BCUT2D eigenvalue weighted by Crippen LogP contribution is 2.38. The van der Waals surface area contributed by atoms with Gasteiger partial charge in [-0.15, -0.1) is 11.3 Å². The minimum Gasteiger partial charge on any atom is -0.362 e. The van der Waals surface area contributed by atoms with Gasteiger partial charge < -0.3 is 5.32 Å². The van der Waals surface area contributed by atoms with E-state index in [1.165, 1.54) is 10.9 Å². The summed E-state index contributed by atoms with van der Waals surface area (Å²) in [5, 5.41) is 9.25. The molecule has 0 spiro atoms. The summed E-state index contributed by atoms with van der Waals surface area (Å²) in [7, 11) is 1.99. The van der Waals surface area contributed by atoms with Gasteiger partial charge in [0, 0.05) is 24.3 Å². The van der Waals surface area contributed by atoms with Crippen molar-refractivity contribution in [1.29, 1.82) is 0 Å². The molecule has 6 heteroatoms. The first-order valence-corrected chi connectivity index (χ1v) is 8.32. The van der Waals surface area contributed by atoms with E-state index in [1.807, 2.05) is 36.9 Å². The van der Waals surface area contributed by atoms with Gasteiger partial charge in [-0.3, -0.25) is 9.67 Å². The van der Waals surface area contributed by atoms with Crippen molar-refractivity contribution in [2.24, 2.45) is 7.05 Å². The Morgan fingerprint density at radius 3 is 2.91 bits per heavy atom. The standard InChI is InChI=1S/C17H17N5S/c1-10-8-11(2)20-17-13(10)14-15(23-17)16(21-22(14)3)19-9-12-6-4-5-7-18-12/h4-8H,9H2,1-3H3,(H,19,21). The number of thiophene rings is 1. The zero-order chi connectivity index (χ0) is 16.0. The molecule has 116 valence electrons. The molecule has 4 aromatic rings. The zero-order valence-corrected chi connectivity index (χ0v) is 14.1. The van der Waals surface area contributed by atoms with Gasteiger partial charge in [0.15, 0.2) is 5.82 Å². The largest absolute Gasteiger partial charge is 0.362 e. The molecule has 1 N–H and O–H groups in total. The molecular formula is C17H17N5S. The van der Waals surface area contributed by atoms with Gasteiger partial charge in [-0.05, 0) is 37.6 Å². The second-order valence-corrected chi connectivity index (χ2v) is 6.69. The van der Waals surface area contributed by atoms with Crippen molar-refractivity contribution in [2.75, 3.05) is 5.32 Å². The second kappa shape index (κ2) is 5.31. The quantitative estimate of drug-likeness (QED) is 0.623. The molecule has 0 atom stereocenters. The smallest absolute Gasteiger partial charge is 0.166 e. The molecule has 4 aromatic heterocycles. The first kappa shape index (κ1) is 14.1. The third-order valence-corrected chi connectivity index (χ3v) is 4.99. The summed E-state index contributed by atoms with van der Waals surface area (Å²) in [6.45, 7) is 4.83. The number of aromatic nitrogens is 4. The van der Waals surface area contributed by atoms with Crippen molar-refractivity contribution in [2.45, 2.75) is 20.4 Å². The molecule has 0 aliphatic carbocycles. The maximum atomic E-state index is 4.68. The van der Waals surface area contributed by atoms with E-state index in [2.05, 4.69) is 33.4 Å². The maximum absolute atomic E-state index is 4.68. The average Bonchev–Trinajstić information content (AvgIpc) is 3.04. The van der Waals surface area contributed by atoms with Crippen molar-refractivity contribution in [3.05, 3.63) is 47.4 Å². The van der Waals surface area contributed by atoms with Crippen molar-refractivity contribution >= 4 is 37.6 Å². The molecule has 0 fully saturated rings. The lowest BCUT2D eigenvalue weighted by atomic mass is 10.1. The van der Waals surface area contributed by atoms with Crippen LogP contribution in [-0.4, -0.2) is 19.7 Å². The first-order chi connectivity index (χ1) is 11.1. The van der Waals surface area contributed by atoms with Gasteiger partial charge in [0.25, 0.3) is 0 Å². The third-order valence-electron chi connectivity index (χ3n) is 3.91. The number of nitrogens with one attached hydrogen (secondary N) is 1. The molecule has 4 rings (SSSR count). The lowest BCUT2D eigenvalue weighted by Crippen LogP contribution is -2.02. The first-order valence-electron chi connectivity index (χ1n) is 7.50. The van der Waals surface area contributed by atoms with Crippen LogP contribution in [0.5, 0.6) is 0 Å². The van der Waals surface area contributed by atoms with E-state index in [9.17, 15) is 0 Å². The molecule has 0 unspecified atom stereocenters. The lowest BCUT2D eigenvalue weighted by Gasteiger charge is -2.02. The van der Waals surface area contributed by atoms with Gasteiger partial charge in [0.05, 0.1) is 22.5 Å². The van der Waals surface area contributed by atoms with Crippen LogP contribution in [0.3, 0.4) is 0 Å². The minimum atomic E-state index is 0.659. The Morgan fingerprint density at radius 2 is 2.13 bits per heavy atom. The van der Waals surface area contributed by atoms with Crippen LogP contribution in [0.15, 0.2) is 30.5 Å². The summed E-state index contributed by atoms with van der Waals surface area (Å²) < 4.78 is 3.10. The van der Waals surface area contributed by atoms with E-state index >= 15 is 0 Å². The van der Waals surface area contributed by atoms with Gasteiger partial charge in [-0.2, -0.15) is 5.10 Å². The number of nitrogens with zero attached hydrogens (tertiary/aromatic N) is 4. The highest BCUT2D eigenvalue weighted by Gasteiger charge is 2.17. The molecule has 0 radical (unpaired) electrons. The van der Waals surface area contributed by atoms with Gasteiger partial charge in [-0.25, -0.2) is 4.98 Å². The molecule has 0 aromatic carbocycles. The normalized spacial score (nSPS) is 11.4. The minimum absolute atomic E-state index is 0.659. The van der Waals surface area contributed by atoms with Gasteiger partial charge >= 0.3 is 0 Å². The van der Waals surface area contributed by atoms with Crippen LogP contribution < -0.4 is 5.32 Å². The molecule has 0 saturated carbocycles. The van der Waals surface area contributed by atoms with Crippen LogP contribution in [0.2, 0.25) is 0 Å². The summed E-state index contributed by atoms with van der Waals surface area (Å²) in [6, 6.07) is 8.05. The fourth-order valence-corrected chi connectivity index (χ4v) is 4.21. The average molecular weight is 323 g/mol. The Morgan fingerprint density at radius 1 is 1.26 bits per heavy atom. The lowest BCUT2D eigenvalue weighted by molar-refractivity contribution is 0.798. The van der Waals surface area contributed by atoms with Crippen molar-refractivity contribution < 1.29 is 0 Å². The van der Waals surface area contributed by atoms with E-state index in [1.54, 1.807) is 17.5 Å². The zero-order valence-electron chi connectivity index (χ0n) is 13.3. The van der Waals surface area contributed by atoms with E-state index in [0.717, 1.165) is 32.3 Å². The Kier molecular flexibility index (Phi) is 3.27. The Balaban J connectivity index is 1.80. The van der Waals surface area contributed by atoms with Gasteiger partial charge in [0.2, 0.25) is 0 Å². The summed E-state index contributed by atoms with van der Waals surface area (Å²) in [5.74, 6) is 0.896. The molecule has 23 heavy (non-hydrogen) atoms. The fraction of sp³-hybridized carbons (Fsp3) is 0.235. The Bertz CT molecular complexity index is 1000. The summed E-state index contributed by atoms with van der Waals surface area (Å²) >= 11 is 1.70. The van der Waals surface area contributed by atoms with E-state index in [4.69, 9.17) is 0 Å². The predicted octanol–water partition coefficient (Wildman–Crippen LogP) is 3.81. The van der Waals surface area contributed by atoms with E-state index in [-0.39, 0.29) is 0 Å². The SMILES string of the molecule is Cc1cc(C)c2c(n1)sc1c(NCc3ccccn3)nn(C)c12. The monoisotopic (exact) mass is 323 g/mol. The predicted molar refractivity (Wildman–Crippen MR) is 94.9 cm³/mol. The third kappa shape index (κ3) is 2.35. The van der Waals surface area contributed by atoms with Crippen LogP contribution in [0.25, 0.3) is 20.4 Å². The molecule has 5 nitrogen and oxygen atoms in total. The molecule has 4 heterocycles.